The molecule has 0 aliphatic carbocycles. The summed E-state index contributed by atoms with van der Waals surface area (Å²) in [6, 6.07) is 14.9. The lowest BCUT2D eigenvalue weighted by Crippen LogP contribution is -2.52. The van der Waals surface area contributed by atoms with Gasteiger partial charge in [-0.3, -0.25) is 14.5 Å². The van der Waals surface area contributed by atoms with Crippen molar-refractivity contribution in [3.63, 3.8) is 0 Å². The SMILES string of the molecule is O=C(CN1CCN(C(=O)NOCc2ccccc2)CC1)Nc1ccc(F)cc1. The smallest absolute Gasteiger partial charge is 0.325 e. The number of anilines is 1. The zero-order chi connectivity index (χ0) is 19.8. The third kappa shape index (κ3) is 6.04. The number of benzene rings is 2. The van der Waals surface area contributed by atoms with Crippen LogP contribution in [0.1, 0.15) is 5.56 Å². The van der Waals surface area contributed by atoms with Crippen molar-refractivity contribution in [2.75, 3.05) is 38.0 Å². The van der Waals surface area contributed by atoms with E-state index < -0.39 is 0 Å². The fourth-order valence-electron chi connectivity index (χ4n) is 2.87. The maximum atomic E-state index is 12.9. The summed E-state index contributed by atoms with van der Waals surface area (Å²) in [7, 11) is 0. The number of rotatable bonds is 6. The number of halogens is 1. The highest BCUT2D eigenvalue weighted by Gasteiger charge is 2.22. The molecule has 0 aromatic heterocycles. The van der Waals surface area contributed by atoms with E-state index in [1.165, 1.54) is 24.3 Å². The Morgan fingerprint density at radius 3 is 2.32 bits per heavy atom. The Labute approximate surface area is 163 Å². The average molecular weight is 386 g/mol. The monoisotopic (exact) mass is 386 g/mol. The molecule has 148 valence electrons. The molecular weight excluding hydrogens is 363 g/mol. The predicted molar refractivity (Wildman–Crippen MR) is 103 cm³/mol. The highest BCUT2D eigenvalue weighted by atomic mass is 19.1. The molecule has 0 atom stereocenters. The lowest BCUT2D eigenvalue weighted by molar-refractivity contribution is -0.117. The molecule has 1 aliphatic rings. The van der Waals surface area contributed by atoms with Crippen molar-refractivity contribution in [2.24, 2.45) is 0 Å². The Kier molecular flexibility index (Phi) is 6.94. The van der Waals surface area contributed by atoms with Crippen molar-refractivity contribution in [1.29, 1.82) is 0 Å². The first-order valence-electron chi connectivity index (χ1n) is 9.08. The van der Waals surface area contributed by atoms with Crippen molar-refractivity contribution in [1.82, 2.24) is 15.3 Å². The fraction of sp³-hybridized carbons (Fsp3) is 0.300. The molecule has 1 heterocycles. The largest absolute Gasteiger partial charge is 0.341 e. The quantitative estimate of drug-likeness (QED) is 0.747. The van der Waals surface area contributed by atoms with E-state index in [9.17, 15) is 14.0 Å². The van der Waals surface area contributed by atoms with E-state index in [1.807, 2.05) is 35.2 Å². The number of hydrogen-bond donors (Lipinski definition) is 2. The number of hydroxylamine groups is 1. The van der Waals surface area contributed by atoms with Gasteiger partial charge in [0.05, 0.1) is 13.2 Å². The maximum absolute atomic E-state index is 12.9. The van der Waals surface area contributed by atoms with E-state index in [-0.39, 0.29) is 24.3 Å². The van der Waals surface area contributed by atoms with E-state index in [1.54, 1.807) is 4.90 Å². The molecule has 3 amide bonds. The molecule has 0 bridgehead atoms. The average Bonchev–Trinajstić information content (AvgIpc) is 2.71. The normalized spacial score (nSPS) is 14.5. The Morgan fingerprint density at radius 1 is 0.964 bits per heavy atom. The van der Waals surface area contributed by atoms with E-state index in [4.69, 9.17) is 4.84 Å². The second-order valence-electron chi connectivity index (χ2n) is 6.50. The topological polar surface area (TPSA) is 73.9 Å². The lowest BCUT2D eigenvalue weighted by atomic mass is 10.2. The molecule has 0 spiro atoms. The molecular formula is C20H23FN4O3. The predicted octanol–water partition coefficient (Wildman–Crippen LogP) is 2.22. The summed E-state index contributed by atoms with van der Waals surface area (Å²) in [6.07, 6.45) is 0. The summed E-state index contributed by atoms with van der Waals surface area (Å²) in [5.74, 6) is -0.518. The van der Waals surface area contributed by atoms with Gasteiger partial charge in [-0.25, -0.2) is 14.7 Å². The van der Waals surface area contributed by atoms with Gasteiger partial charge in [-0.2, -0.15) is 0 Å². The van der Waals surface area contributed by atoms with Gasteiger partial charge < -0.3 is 10.2 Å². The van der Waals surface area contributed by atoms with Gasteiger partial charge in [0.25, 0.3) is 0 Å². The van der Waals surface area contributed by atoms with Crippen molar-refractivity contribution in [2.45, 2.75) is 6.61 Å². The highest BCUT2D eigenvalue weighted by molar-refractivity contribution is 5.92. The minimum Gasteiger partial charge on any atom is -0.325 e. The Bertz CT molecular complexity index is 778. The zero-order valence-corrected chi connectivity index (χ0v) is 15.4. The van der Waals surface area contributed by atoms with Gasteiger partial charge >= 0.3 is 6.03 Å². The number of nitrogens with one attached hydrogen (secondary N) is 2. The summed E-state index contributed by atoms with van der Waals surface area (Å²) in [5, 5.41) is 2.73. The van der Waals surface area contributed by atoms with Gasteiger partial charge in [-0.1, -0.05) is 30.3 Å². The van der Waals surface area contributed by atoms with Crippen LogP contribution >= 0.6 is 0 Å². The van der Waals surface area contributed by atoms with E-state index in [0.29, 0.717) is 38.5 Å². The minimum atomic E-state index is -0.347. The van der Waals surface area contributed by atoms with Crippen molar-refractivity contribution >= 4 is 17.6 Å². The van der Waals surface area contributed by atoms with Gasteiger partial charge in [-0.05, 0) is 29.8 Å². The van der Waals surface area contributed by atoms with Crippen LogP contribution in [-0.4, -0.2) is 54.5 Å². The first-order valence-corrected chi connectivity index (χ1v) is 9.08. The fourth-order valence-corrected chi connectivity index (χ4v) is 2.87. The molecule has 1 saturated heterocycles. The van der Waals surface area contributed by atoms with E-state index in [0.717, 1.165) is 5.56 Å². The molecule has 2 aromatic rings. The summed E-state index contributed by atoms with van der Waals surface area (Å²) in [4.78, 5) is 33.1. The number of piperazine rings is 1. The third-order valence-electron chi connectivity index (χ3n) is 4.40. The van der Waals surface area contributed by atoms with Crippen molar-refractivity contribution in [3.05, 3.63) is 66.0 Å². The van der Waals surface area contributed by atoms with E-state index >= 15 is 0 Å². The number of nitrogens with zero attached hydrogens (tertiary/aromatic N) is 2. The zero-order valence-electron chi connectivity index (χ0n) is 15.4. The number of carbonyl (C=O) groups excluding carboxylic acids is 2. The summed E-state index contributed by atoms with van der Waals surface area (Å²) in [5.41, 5.74) is 3.98. The Balaban J connectivity index is 1.34. The molecule has 2 N–H and O–H groups in total. The molecule has 7 nitrogen and oxygen atoms in total. The molecule has 1 aliphatic heterocycles. The van der Waals surface area contributed by atoms with Crippen LogP contribution in [-0.2, 0) is 16.2 Å². The molecule has 28 heavy (non-hydrogen) atoms. The van der Waals surface area contributed by atoms with Crippen LogP contribution in [0.15, 0.2) is 54.6 Å². The maximum Gasteiger partial charge on any atom is 0.341 e. The van der Waals surface area contributed by atoms with Gasteiger partial charge in [0.1, 0.15) is 5.82 Å². The van der Waals surface area contributed by atoms with E-state index in [2.05, 4.69) is 10.8 Å². The van der Waals surface area contributed by atoms with Crippen LogP contribution < -0.4 is 10.8 Å². The molecule has 0 unspecified atom stereocenters. The standard InChI is InChI=1S/C20H23FN4O3/c21-17-6-8-18(9-7-17)22-19(26)14-24-10-12-25(13-11-24)20(27)23-28-15-16-4-2-1-3-5-16/h1-9H,10-15H2,(H,22,26)(H,23,27). The van der Waals surface area contributed by atoms with Crippen LogP contribution in [0.2, 0.25) is 0 Å². The molecule has 3 rings (SSSR count). The molecule has 8 heteroatoms. The molecule has 0 radical (unpaired) electrons. The Hall–Kier alpha value is -2.97. The first-order chi connectivity index (χ1) is 13.6. The van der Waals surface area contributed by atoms with Gasteiger partial charge in [0.15, 0.2) is 0 Å². The number of hydrogen-bond acceptors (Lipinski definition) is 4. The second-order valence-corrected chi connectivity index (χ2v) is 6.50. The minimum absolute atomic E-state index is 0.171. The van der Waals surface area contributed by atoms with Crippen LogP contribution in [0.4, 0.5) is 14.9 Å². The highest BCUT2D eigenvalue weighted by Crippen LogP contribution is 2.09. The number of carbonyl (C=O) groups is 2. The first kappa shape index (κ1) is 19.8. The molecule has 1 fully saturated rings. The molecule has 0 saturated carbocycles. The molecule has 2 aromatic carbocycles. The van der Waals surface area contributed by atoms with Gasteiger partial charge in [0, 0.05) is 31.9 Å². The van der Waals surface area contributed by atoms with Crippen LogP contribution in [0, 0.1) is 5.82 Å². The lowest BCUT2D eigenvalue weighted by Gasteiger charge is -2.34. The summed E-state index contributed by atoms with van der Waals surface area (Å²) in [6.45, 7) is 2.70. The third-order valence-corrected chi connectivity index (χ3v) is 4.40. The summed E-state index contributed by atoms with van der Waals surface area (Å²) < 4.78 is 12.9. The number of amides is 3. The van der Waals surface area contributed by atoms with Gasteiger partial charge in [0.2, 0.25) is 5.91 Å². The summed E-state index contributed by atoms with van der Waals surface area (Å²) >= 11 is 0. The van der Waals surface area contributed by atoms with Crippen molar-refractivity contribution in [3.8, 4) is 0 Å². The van der Waals surface area contributed by atoms with Crippen LogP contribution in [0.3, 0.4) is 0 Å². The van der Waals surface area contributed by atoms with Crippen LogP contribution in [0.5, 0.6) is 0 Å². The van der Waals surface area contributed by atoms with Crippen molar-refractivity contribution < 1.29 is 18.8 Å². The van der Waals surface area contributed by atoms with Gasteiger partial charge in [-0.15, -0.1) is 0 Å². The number of urea groups is 1. The van der Waals surface area contributed by atoms with Crippen LogP contribution in [0.25, 0.3) is 0 Å². The Morgan fingerprint density at radius 2 is 1.64 bits per heavy atom. The second kappa shape index (κ2) is 9.82.